The highest BCUT2D eigenvalue weighted by Crippen LogP contribution is 2.37. The highest BCUT2D eigenvalue weighted by Gasteiger charge is 2.25. The minimum Gasteiger partial charge on any atom is -0.462 e. The monoisotopic (exact) mass is 463 g/mol. The minimum atomic E-state index is -0.592. The summed E-state index contributed by atoms with van der Waals surface area (Å²) in [7, 11) is 0. The van der Waals surface area contributed by atoms with Crippen LogP contribution in [0.15, 0.2) is 36.5 Å². The zero-order valence-corrected chi connectivity index (χ0v) is 18.8. The Hall–Kier alpha value is -3.81. The molecule has 0 aromatic carbocycles. The molecule has 0 saturated heterocycles. The number of nitrogens with two attached hydrogens (primary N) is 1. The predicted molar refractivity (Wildman–Crippen MR) is 125 cm³/mol. The molecule has 0 radical (unpaired) electrons. The van der Waals surface area contributed by atoms with Gasteiger partial charge >= 0.3 is 5.97 Å². The molecule has 0 aliphatic rings. The maximum absolute atomic E-state index is 13.0. The first kappa shape index (κ1) is 21.4. The lowest BCUT2D eigenvalue weighted by atomic mass is 10.1. The number of hydrogen-bond acceptors (Lipinski definition) is 9. The molecule has 4 aromatic heterocycles. The maximum atomic E-state index is 13.0. The first-order valence-electron chi connectivity index (χ1n) is 9.57. The molecule has 0 saturated carbocycles. The zero-order chi connectivity index (χ0) is 22.8. The molecule has 0 aliphatic carbocycles. The molecule has 160 valence electrons. The number of anilines is 2. The van der Waals surface area contributed by atoms with Crippen LogP contribution in [0.1, 0.15) is 37.4 Å². The highest BCUT2D eigenvalue weighted by molar-refractivity contribution is 7.21. The molecule has 4 aromatic rings. The number of nitrogens with one attached hydrogen (secondary N) is 1. The van der Waals surface area contributed by atoms with E-state index in [-0.39, 0.29) is 27.6 Å². The number of nitriles is 1. The number of nitrogens with zero attached hydrogens (tertiary/aromatic N) is 3. The first-order chi connectivity index (χ1) is 15.4. The van der Waals surface area contributed by atoms with E-state index in [9.17, 15) is 14.9 Å². The Bertz CT molecular complexity index is 1390. The van der Waals surface area contributed by atoms with E-state index < -0.39 is 11.9 Å². The van der Waals surface area contributed by atoms with Gasteiger partial charge in [-0.3, -0.25) is 9.78 Å². The summed E-state index contributed by atoms with van der Waals surface area (Å²) in [5, 5.41) is 13.2. The third-order valence-corrected chi connectivity index (χ3v) is 6.76. The van der Waals surface area contributed by atoms with Crippen molar-refractivity contribution >= 4 is 55.5 Å². The van der Waals surface area contributed by atoms with Crippen molar-refractivity contribution in [3.63, 3.8) is 0 Å². The number of hydrogen-bond donors (Lipinski definition) is 2. The smallest absolute Gasteiger partial charge is 0.340 e. The van der Waals surface area contributed by atoms with Crippen LogP contribution in [0.25, 0.3) is 21.6 Å². The number of carbonyl (C=O) groups excluding carboxylic acids is 2. The van der Waals surface area contributed by atoms with Crippen molar-refractivity contribution in [1.29, 1.82) is 5.26 Å². The van der Waals surface area contributed by atoms with Crippen LogP contribution in [0, 0.1) is 18.3 Å². The number of rotatable bonds is 5. The van der Waals surface area contributed by atoms with Crippen molar-refractivity contribution in [1.82, 2.24) is 9.97 Å². The number of fused-ring (bicyclic) bond motifs is 1. The molecule has 10 heteroatoms. The molecule has 3 N–H and O–H groups in total. The molecule has 0 fully saturated rings. The maximum Gasteiger partial charge on any atom is 0.340 e. The number of aromatic nitrogens is 2. The number of pyridine rings is 2. The second-order valence-corrected chi connectivity index (χ2v) is 8.86. The summed E-state index contributed by atoms with van der Waals surface area (Å²) < 4.78 is 5.03. The normalized spacial score (nSPS) is 10.7. The van der Waals surface area contributed by atoms with Gasteiger partial charge in [0.25, 0.3) is 5.91 Å². The van der Waals surface area contributed by atoms with E-state index in [2.05, 4.69) is 15.3 Å². The Morgan fingerprint density at radius 3 is 2.72 bits per heavy atom. The van der Waals surface area contributed by atoms with Gasteiger partial charge in [0, 0.05) is 16.5 Å². The summed E-state index contributed by atoms with van der Waals surface area (Å²) in [4.78, 5) is 35.6. The molecule has 0 aliphatic heterocycles. The quantitative estimate of drug-likeness (QED) is 0.413. The van der Waals surface area contributed by atoms with E-state index in [1.165, 1.54) is 0 Å². The summed E-state index contributed by atoms with van der Waals surface area (Å²) in [6.45, 7) is 3.57. The molecular formula is C22H17N5O3S2. The third-order valence-electron chi connectivity index (χ3n) is 4.63. The van der Waals surface area contributed by atoms with Crippen molar-refractivity contribution in [2.75, 3.05) is 17.7 Å². The van der Waals surface area contributed by atoms with Gasteiger partial charge in [-0.25, -0.2) is 9.78 Å². The molecule has 0 unspecified atom stereocenters. The summed E-state index contributed by atoms with van der Waals surface area (Å²) in [5.41, 5.74) is 8.17. The number of thiophene rings is 2. The Morgan fingerprint density at radius 1 is 1.22 bits per heavy atom. The largest absolute Gasteiger partial charge is 0.462 e. The fourth-order valence-electron chi connectivity index (χ4n) is 3.17. The van der Waals surface area contributed by atoms with Gasteiger partial charge in [-0.05, 0) is 38.1 Å². The van der Waals surface area contributed by atoms with Crippen LogP contribution in [-0.4, -0.2) is 28.5 Å². The Kier molecular flexibility index (Phi) is 5.85. The van der Waals surface area contributed by atoms with Crippen molar-refractivity contribution < 1.29 is 14.3 Å². The van der Waals surface area contributed by atoms with Crippen LogP contribution >= 0.6 is 22.7 Å². The fraction of sp³-hybridized carbons (Fsp3) is 0.136. The van der Waals surface area contributed by atoms with Gasteiger partial charge < -0.3 is 15.8 Å². The van der Waals surface area contributed by atoms with E-state index >= 15 is 0 Å². The van der Waals surface area contributed by atoms with Crippen LogP contribution in [0.2, 0.25) is 0 Å². The van der Waals surface area contributed by atoms with E-state index in [0.29, 0.717) is 32.2 Å². The predicted octanol–water partition coefficient (Wildman–Crippen LogP) is 4.61. The van der Waals surface area contributed by atoms with Crippen molar-refractivity contribution in [3.05, 3.63) is 57.4 Å². The lowest BCUT2D eigenvalue weighted by molar-refractivity contribution is 0.0525. The van der Waals surface area contributed by atoms with Crippen molar-refractivity contribution in [2.45, 2.75) is 13.8 Å². The standard InChI is InChI=1S/C22H17N5O3S2/c1-3-30-22(29)16-11(2)31-21(13(16)10-23)27-19(28)18-17(24)12-7-8-15(26-20(12)32-18)14-6-4-5-9-25-14/h4-9H,3,24H2,1-2H3,(H,27,28). The van der Waals surface area contributed by atoms with Gasteiger partial charge in [0.2, 0.25) is 0 Å². The number of esters is 1. The molecule has 0 bridgehead atoms. The summed E-state index contributed by atoms with van der Waals surface area (Å²) in [6, 6.07) is 11.2. The number of ether oxygens (including phenoxy) is 1. The van der Waals surface area contributed by atoms with Crippen LogP contribution in [0.4, 0.5) is 10.7 Å². The van der Waals surface area contributed by atoms with Crippen LogP contribution in [0.3, 0.4) is 0 Å². The minimum absolute atomic E-state index is 0.0783. The van der Waals surface area contributed by atoms with Crippen LogP contribution < -0.4 is 11.1 Å². The molecule has 4 rings (SSSR count). The fourth-order valence-corrected chi connectivity index (χ4v) is 5.15. The lowest BCUT2D eigenvalue weighted by Gasteiger charge is -2.03. The van der Waals surface area contributed by atoms with Gasteiger partial charge in [0.05, 0.1) is 29.2 Å². The number of nitrogen functional groups attached to an aromatic ring is 1. The van der Waals surface area contributed by atoms with E-state index in [1.807, 2.05) is 30.3 Å². The second-order valence-electron chi connectivity index (χ2n) is 6.63. The average Bonchev–Trinajstić information content (AvgIpc) is 3.30. The molecule has 1 amide bonds. The van der Waals surface area contributed by atoms with Crippen molar-refractivity contribution in [3.8, 4) is 17.5 Å². The van der Waals surface area contributed by atoms with Gasteiger partial charge in [-0.15, -0.1) is 22.7 Å². The Morgan fingerprint density at radius 2 is 2.03 bits per heavy atom. The summed E-state index contributed by atoms with van der Waals surface area (Å²) >= 11 is 2.29. The summed E-state index contributed by atoms with van der Waals surface area (Å²) in [6.07, 6.45) is 1.68. The summed E-state index contributed by atoms with van der Waals surface area (Å²) in [5.74, 6) is -1.07. The van der Waals surface area contributed by atoms with Gasteiger partial charge in [0.15, 0.2) is 0 Å². The molecule has 4 heterocycles. The van der Waals surface area contributed by atoms with Gasteiger partial charge in [-0.2, -0.15) is 5.26 Å². The van der Waals surface area contributed by atoms with Crippen LogP contribution in [0.5, 0.6) is 0 Å². The van der Waals surface area contributed by atoms with E-state index in [1.54, 1.807) is 26.1 Å². The third kappa shape index (κ3) is 3.79. The van der Waals surface area contributed by atoms with Gasteiger partial charge in [-0.1, -0.05) is 6.07 Å². The topological polar surface area (TPSA) is 131 Å². The molecule has 0 spiro atoms. The average molecular weight is 464 g/mol. The molecule has 0 atom stereocenters. The molecule has 32 heavy (non-hydrogen) atoms. The second kappa shape index (κ2) is 8.74. The SMILES string of the molecule is CCOC(=O)c1c(C)sc(NC(=O)c2sc3nc(-c4ccccn4)ccc3c2N)c1C#N. The lowest BCUT2D eigenvalue weighted by Crippen LogP contribution is -2.12. The number of aryl methyl sites for hydroxylation is 1. The zero-order valence-electron chi connectivity index (χ0n) is 17.1. The molecular weight excluding hydrogens is 446 g/mol. The first-order valence-corrected chi connectivity index (χ1v) is 11.2. The van der Waals surface area contributed by atoms with E-state index in [0.717, 1.165) is 22.7 Å². The Balaban J connectivity index is 1.68. The molecule has 8 nitrogen and oxygen atoms in total. The van der Waals surface area contributed by atoms with Crippen molar-refractivity contribution in [2.24, 2.45) is 0 Å². The number of amides is 1. The van der Waals surface area contributed by atoms with E-state index in [4.69, 9.17) is 10.5 Å². The number of carbonyl (C=O) groups is 2. The highest BCUT2D eigenvalue weighted by atomic mass is 32.1. The van der Waals surface area contributed by atoms with Gasteiger partial charge in [0.1, 0.15) is 26.3 Å². The Labute approximate surface area is 191 Å². The van der Waals surface area contributed by atoms with Crippen LogP contribution in [-0.2, 0) is 4.74 Å².